The standard InChI is InChI=1S/C20H24ClN3O2S/c1-4-22-20(27)24-23-13-16-12-17(21)6-8-19(16)26-10-9-25-18-7-5-14(2)15(3)11-18/h5-8,11-13H,4,9-10H2,1-3H3,(H2,22,24,27)/b23-13-. The van der Waals surface area contributed by atoms with E-state index in [2.05, 4.69) is 29.7 Å². The molecule has 0 heterocycles. The van der Waals surface area contributed by atoms with Crippen molar-refractivity contribution in [2.45, 2.75) is 20.8 Å². The Kier molecular flexibility index (Phi) is 8.36. The van der Waals surface area contributed by atoms with Crippen LogP contribution in [0.2, 0.25) is 5.02 Å². The smallest absolute Gasteiger partial charge is 0.186 e. The number of nitrogens with zero attached hydrogens (tertiary/aromatic N) is 1. The molecule has 0 bridgehead atoms. The largest absolute Gasteiger partial charge is 0.490 e. The molecule has 2 aromatic carbocycles. The molecule has 0 amide bonds. The topological polar surface area (TPSA) is 54.9 Å². The highest BCUT2D eigenvalue weighted by Crippen LogP contribution is 2.22. The van der Waals surface area contributed by atoms with E-state index >= 15 is 0 Å². The van der Waals surface area contributed by atoms with Gasteiger partial charge in [-0.25, -0.2) is 0 Å². The first kappa shape index (κ1) is 21.0. The van der Waals surface area contributed by atoms with Crippen molar-refractivity contribution in [3.8, 4) is 11.5 Å². The molecule has 0 aliphatic carbocycles. The second kappa shape index (κ2) is 10.7. The quantitative estimate of drug-likeness (QED) is 0.298. The summed E-state index contributed by atoms with van der Waals surface area (Å²) in [6.45, 7) is 7.66. The fourth-order valence-electron chi connectivity index (χ4n) is 2.23. The van der Waals surface area contributed by atoms with Crippen molar-refractivity contribution in [3.63, 3.8) is 0 Å². The van der Waals surface area contributed by atoms with Crippen molar-refractivity contribution in [3.05, 3.63) is 58.1 Å². The second-order valence-corrected chi connectivity index (χ2v) is 6.70. The third-order valence-electron chi connectivity index (χ3n) is 3.77. The van der Waals surface area contributed by atoms with E-state index in [1.807, 2.05) is 31.2 Å². The van der Waals surface area contributed by atoms with Gasteiger partial charge in [-0.15, -0.1) is 0 Å². The molecule has 27 heavy (non-hydrogen) atoms. The van der Waals surface area contributed by atoms with Gasteiger partial charge in [0.15, 0.2) is 5.11 Å². The first-order valence-corrected chi connectivity index (χ1v) is 9.47. The minimum atomic E-state index is 0.401. The van der Waals surface area contributed by atoms with Crippen molar-refractivity contribution in [2.24, 2.45) is 5.10 Å². The highest BCUT2D eigenvalue weighted by atomic mass is 35.5. The Bertz CT molecular complexity index is 812. The van der Waals surface area contributed by atoms with Gasteiger partial charge in [0.25, 0.3) is 0 Å². The average molecular weight is 406 g/mol. The summed E-state index contributed by atoms with van der Waals surface area (Å²) in [6, 6.07) is 11.4. The summed E-state index contributed by atoms with van der Waals surface area (Å²) in [7, 11) is 0. The Balaban J connectivity index is 1.90. The first-order chi connectivity index (χ1) is 13.0. The van der Waals surface area contributed by atoms with Gasteiger partial charge in [0, 0.05) is 17.1 Å². The third-order valence-corrected chi connectivity index (χ3v) is 4.24. The van der Waals surface area contributed by atoms with Crippen molar-refractivity contribution in [1.82, 2.24) is 10.7 Å². The number of nitrogens with one attached hydrogen (secondary N) is 2. The molecule has 7 heteroatoms. The predicted octanol–water partition coefficient (Wildman–Crippen LogP) is 4.23. The fourth-order valence-corrected chi connectivity index (χ4v) is 2.60. The van der Waals surface area contributed by atoms with E-state index in [0.717, 1.165) is 17.9 Å². The molecule has 5 nitrogen and oxygen atoms in total. The Morgan fingerprint density at radius 1 is 1.11 bits per heavy atom. The van der Waals surface area contributed by atoms with Crippen LogP contribution in [0.5, 0.6) is 11.5 Å². The molecule has 0 aliphatic heterocycles. The van der Waals surface area contributed by atoms with E-state index in [4.69, 9.17) is 33.3 Å². The highest BCUT2D eigenvalue weighted by Gasteiger charge is 2.04. The van der Waals surface area contributed by atoms with Gasteiger partial charge in [-0.2, -0.15) is 5.10 Å². The van der Waals surface area contributed by atoms with Gasteiger partial charge >= 0.3 is 0 Å². The molecule has 0 unspecified atom stereocenters. The van der Waals surface area contributed by atoms with Gasteiger partial charge in [0.05, 0.1) is 6.21 Å². The maximum absolute atomic E-state index is 6.08. The second-order valence-electron chi connectivity index (χ2n) is 5.85. The van der Waals surface area contributed by atoms with Crippen molar-refractivity contribution in [1.29, 1.82) is 0 Å². The van der Waals surface area contributed by atoms with Gasteiger partial charge in [-0.1, -0.05) is 17.7 Å². The van der Waals surface area contributed by atoms with Crippen LogP contribution >= 0.6 is 23.8 Å². The van der Waals surface area contributed by atoms with Gasteiger partial charge < -0.3 is 14.8 Å². The van der Waals surface area contributed by atoms with Crippen LogP contribution in [0.3, 0.4) is 0 Å². The first-order valence-electron chi connectivity index (χ1n) is 8.69. The number of hydrazone groups is 1. The summed E-state index contributed by atoms with van der Waals surface area (Å²) < 4.78 is 11.6. The summed E-state index contributed by atoms with van der Waals surface area (Å²) in [5, 5.41) is 8.12. The average Bonchev–Trinajstić information content (AvgIpc) is 2.63. The Morgan fingerprint density at radius 2 is 1.89 bits per heavy atom. The Labute approximate surface area is 170 Å². The monoisotopic (exact) mass is 405 g/mol. The molecular weight excluding hydrogens is 382 g/mol. The molecule has 0 aliphatic rings. The van der Waals surface area contributed by atoms with E-state index in [0.29, 0.717) is 29.1 Å². The molecule has 0 fully saturated rings. The van der Waals surface area contributed by atoms with Gasteiger partial charge in [-0.3, -0.25) is 5.43 Å². The summed E-state index contributed by atoms with van der Waals surface area (Å²) in [5.41, 5.74) is 5.94. The predicted molar refractivity (Wildman–Crippen MR) is 115 cm³/mol. The number of aryl methyl sites for hydroxylation is 2. The number of ether oxygens (including phenoxy) is 2. The van der Waals surface area contributed by atoms with Crippen LogP contribution in [-0.2, 0) is 0 Å². The van der Waals surface area contributed by atoms with Crippen LogP contribution in [0.4, 0.5) is 0 Å². The number of halogens is 1. The molecule has 0 radical (unpaired) electrons. The number of hydrogen-bond donors (Lipinski definition) is 2. The number of rotatable bonds is 8. The highest BCUT2D eigenvalue weighted by molar-refractivity contribution is 7.80. The summed E-state index contributed by atoms with van der Waals surface area (Å²) in [6.07, 6.45) is 1.62. The van der Waals surface area contributed by atoms with Crippen LogP contribution < -0.4 is 20.2 Å². The van der Waals surface area contributed by atoms with Crippen LogP contribution in [0.1, 0.15) is 23.6 Å². The molecule has 2 aromatic rings. The Morgan fingerprint density at radius 3 is 2.63 bits per heavy atom. The SMILES string of the molecule is CCNC(=S)N/N=C\c1cc(Cl)ccc1OCCOc1ccc(C)c(C)c1. The normalized spacial score (nSPS) is 10.7. The third kappa shape index (κ3) is 7.07. The molecule has 0 aromatic heterocycles. The molecule has 0 atom stereocenters. The number of benzene rings is 2. The molecule has 0 spiro atoms. The van der Waals surface area contributed by atoms with Crippen LogP contribution in [0.15, 0.2) is 41.5 Å². The van der Waals surface area contributed by atoms with Crippen LogP contribution in [0, 0.1) is 13.8 Å². The minimum absolute atomic E-state index is 0.401. The van der Waals surface area contributed by atoms with E-state index in [-0.39, 0.29) is 0 Å². The van der Waals surface area contributed by atoms with E-state index in [1.54, 1.807) is 18.3 Å². The molecule has 144 valence electrons. The van der Waals surface area contributed by atoms with E-state index in [9.17, 15) is 0 Å². The maximum atomic E-state index is 6.08. The van der Waals surface area contributed by atoms with E-state index in [1.165, 1.54) is 11.1 Å². The van der Waals surface area contributed by atoms with Crippen molar-refractivity contribution < 1.29 is 9.47 Å². The molecule has 0 saturated heterocycles. The minimum Gasteiger partial charge on any atom is -0.490 e. The zero-order chi connectivity index (χ0) is 19.6. The van der Waals surface area contributed by atoms with Crippen molar-refractivity contribution in [2.75, 3.05) is 19.8 Å². The van der Waals surface area contributed by atoms with Crippen LogP contribution in [0.25, 0.3) is 0 Å². The molecule has 0 saturated carbocycles. The lowest BCUT2D eigenvalue weighted by Gasteiger charge is -2.11. The van der Waals surface area contributed by atoms with Gasteiger partial charge in [-0.05, 0) is 74.4 Å². The summed E-state index contributed by atoms with van der Waals surface area (Å²) in [5.74, 6) is 1.50. The van der Waals surface area contributed by atoms with Gasteiger partial charge in [0.2, 0.25) is 0 Å². The lowest BCUT2D eigenvalue weighted by molar-refractivity contribution is 0.217. The molecule has 2 rings (SSSR count). The molecular formula is C20H24ClN3O2S. The Hall–Kier alpha value is -2.31. The van der Waals surface area contributed by atoms with Gasteiger partial charge in [0.1, 0.15) is 24.7 Å². The zero-order valence-electron chi connectivity index (χ0n) is 15.7. The molecule has 2 N–H and O–H groups in total. The van der Waals surface area contributed by atoms with Crippen molar-refractivity contribution >= 4 is 35.1 Å². The number of hydrogen-bond acceptors (Lipinski definition) is 4. The lowest BCUT2D eigenvalue weighted by atomic mass is 10.1. The fraction of sp³-hybridized carbons (Fsp3) is 0.300. The van der Waals surface area contributed by atoms with E-state index < -0.39 is 0 Å². The van der Waals surface area contributed by atoms with Crippen LogP contribution in [-0.4, -0.2) is 31.1 Å². The lowest BCUT2D eigenvalue weighted by Crippen LogP contribution is -2.31. The number of thiocarbonyl (C=S) groups is 1. The summed E-state index contributed by atoms with van der Waals surface area (Å²) in [4.78, 5) is 0. The summed E-state index contributed by atoms with van der Waals surface area (Å²) >= 11 is 11.1. The zero-order valence-corrected chi connectivity index (χ0v) is 17.3. The maximum Gasteiger partial charge on any atom is 0.186 e.